The fraction of sp³-hybridized carbons (Fsp3) is 0.364. The minimum atomic E-state index is -0.954. The number of halogens is 2. The third-order valence-electron chi connectivity index (χ3n) is 2.04. The summed E-state index contributed by atoms with van der Waals surface area (Å²) in [6, 6.07) is 3.83. The van der Waals surface area contributed by atoms with Crippen molar-refractivity contribution in [1.82, 2.24) is 5.32 Å². The molecule has 0 radical (unpaired) electrons. The summed E-state index contributed by atoms with van der Waals surface area (Å²) in [6.45, 7) is 1.79. The summed E-state index contributed by atoms with van der Waals surface area (Å²) in [5, 5.41) is 2.73. The highest BCUT2D eigenvalue weighted by Crippen LogP contribution is 2.13. The number of benzene rings is 1. The van der Waals surface area contributed by atoms with E-state index >= 15 is 0 Å². The monoisotopic (exact) mass is 369 g/mol. The summed E-state index contributed by atoms with van der Waals surface area (Å²) in [6.07, 6.45) is 1.59. The second-order valence-corrected chi connectivity index (χ2v) is 6.38. The molecule has 0 aliphatic rings. The van der Waals surface area contributed by atoms with Crippen LogP contribution < -0.4 is 5.32 Å². The highest BCUT2D eigenvalue weighted by atomic mass is 127. The zero-order valence-electron chi connectivity index (χ0n) is 9.50. The molecular formula is C11H13FINO2S. The van der Waals surface area contributed by atoms with Crippen molar-refractivity contribution in [2.24, 2.45) is 0 Å². The molecule has 1 N–H and O–H groups in total. The van der Waals surface area contributed by atoms with Gasteiger partial charge in [-0.15, -0.1) is 0 Å². The van der Waals surface area contributed by atoms with E-state index in [1.165, 1.54) is 18.2 Å². The van der Waals surface area contributed by atoms with E-state index in [0.717, 1.165) is 0 Å². The molecule has 0 aliphatic carbocycles. The van der Waals surface area contributed by atoms with Crippen LogP contribution in [0.5, 0.6) is 0 Å². The molecule has 0 aliphatic heterocycles. The van der Waals surface area contributed by atoms with Crippen LogP contribution in [-0.4, -0.2) is 28.2 Å². The molecule has 1 rings (SSSR count). The Bertz CT molecular complexity index is 453. The van der Waals surface area contributed by atoms with Crippen molar-refractivity contribution < 1.29 is 13.4 Å². The molecule has 0 saturated heterocycles. The maximum absolute atomic E-state index is 12.9. The van der Waals surface area contributed by atoms with Crippen LogP contribution in [0.2, 0.25) is 0 Å². The topological polar surface area (TPSA) is 46.2 Å². The lowest BCUT2D eigenvalue weighted by atomic mass is 10.2. The van der Waals surface area contributed by atoms with Gasteiger partial charge < -0.3 is 5.32 Å². The standard InChI is InChI=1S/C11H13FINO2S/c1-7(6-17(2)16)14-11(15)9-4-3-8(12)5-10(9)13/h3-5,7H,6H2,1-2H3,(H,14,15). The van der Waals surface area contributed by atoms with E-state index in [1.54, 1.807) is 13.2 Å². The Morgan fingerprint density at radius 3 is 2.76 bits per heavy atom. The third-order valence-corrected chi connectivity index (χ3v) is 3.90. The molecule has 1 aromatic carbocycles. The van der Waals surface area contributed by atoms with Gasteiger partial charge in [-0.05, 0) is 47.7 Å². The quantitative estimate of drug-likeness (QED) is 0.825. The molecule has 1 aromatic rings. The summed E-state index contributed by atoms with van der Waals surface area (Å²) in [5.74, 6) is -0.232. The van der Waals surface area contributed by atoms with Crippen LogP contribution in [0.1, 0.15) is 17.3 Å². The van der Waals surface area contributed by atoms with E-state index < -0.39 is 10.8 Å². The average molecular weight is 369 g/mol. The lowest BCUT2D eigenvalue weighted by molar-refractivity contribution is 0.0943. The number of carbonyl (C=O) groups is 1. The molecular weight excluding hydrogens is 356 g/mol. The predicted molar refractivity (Wildman–Crippen MR) is 75.0 cm³/mol. The van der Waals surface area contributed by atoms with Crippen LogP contribution in [-0.2, 0) is 10.8 Å². The van der Waals surface area contributed by atoms with Crippen LogP contribution in [0.15, 0.2) is 18.2 Å². The Kier molecular flexibility index (Phi) is 5.51. The first-order chi connectivity index (χ1) is 7.90. The predicted octanol–water partition coefficient (Wildman–Crippen LogP) is 1.93. The van der Waals surface area contributed by atoms with Gasteiger partial charge in [-0.1, -0.05) is 0 Å². The summed E-state index contributed by atoms with van der Waals surface area (Å²) < 4.78 is 24.4. The molecule has 0 bridgehead atoms. The number of hydrogen-bond donors (Lipinski definition) is 1. The summed E-state index contributed by atoms with van der Waals surface area (Å²) in [7, 11) is -0.954. The van der Waals surface area contributed by atoms with Crippen molar-refractivity contribution in [3.8, 4) is 0 Å². The molecule has 0 heterocycles. The van der Waals surface area contributed by atoms with Gasteiger partial charge in [0.2, 0.25) is 0 Å². The fourth-order valence-electron chi connectivity index (χ4n) is 1.37. The number of carbonyl (C=O) groups excluding carboxylic acids is 1. The van der Waals surface area contributed by atoms with Gasteiger partial charge in [0.1, 0.15) is 5.82 Å². The Morgan fingerprint density at radius 1 is 1.59 bits per heavy atom. The SMILES string of the molecule is CC(CS(C)=O)NC(=O)c1ccc(F)cc1I. The molecule has 2 atom stereocenters. The summed E-state index contributed by atoms with van der Waals surface area (Å²) >= 11 is 1.91. The molecule has 3 nitrogen and oxygen atoms in total. The second kappa shape index (κ2) is 6.44. The molecule has 0 saturated carbocycles. The van der Waals surface area contributed by atoms with Gasteiger partial charge in [-0.2, -0.15) is 0 Å². The van der Waals surface area contributed by atoms with Crippen molar-refractivity contribution in [1.29, 1.82) is 0 Å². The first-order valence-electron chi connectivity index (χ1n) is 4.96. The van der Waals surface area contributed by atoms with Gasteiger partial charge in [0, 0.05) is 32.4 Å². The van der Waals surface area contributed by atoms with Crippen molar-refractivity contribution >= 4 is 39.3 Å². The Morgan fingerprint density at radius 2 is 2.24 bits per heavy atom. The summed E-state index contributed by atoms with van der Waals surface area (Å²) in [5.41, 5.74) is 0.431. The lowest BCUT2D eigenvalue weighted by Gasteiger charge is -2.13. The Balaban J connectivity index is 2.73. The average Bonchev–Trinajstić information content (AvgIpc) is 2.15. The van der Waals surface area contributed by atoms with Crippen molar-refractivity contribution in [3.63, 3.8) is 0 Å². The highest BCUT2D eigenvalue weighted by molar-refractivity contribution is 14.1. The maximum Gasteiger partial charge on any atom is 0.252 e. The molecule has 0 fully saturated rings. The molecule has 94 valence electrons. The van der Waals surface area contributed by atoms with E-state index in [0.29, 0.717) is 14.9 Å². The zero-order chi connectivity index (χ0) is 13.0. The molecule has 6 heteroatoms. The highest BCUT2D eigenvalue weighted by Gasteiger charge is 2.13. The molecule has 17 heavy (non-hydrogen) atoms. The molecule has 2 unspecified atom stereocenters. The smallest absolute Gasteiger partial charge is 0.252 e. The second-order valence-electron chi connectivity index (χ2n) is 3.74. The van der Waals surface area contributed by atoms with Gasteiger partial charge in [0.15, 0.2) is 0 Å². The van der Waals surface area contributed by atoms with Gasteiger partial charge in [0.25, 0.3) is 5.91 Å². The number of nitrogens with one attached hydrogen (secondary N) is 1. The van der Waals surface area contributed by atoms with Crippen LogP contribution in [0.4, 0.5) is 4.39 Å². The lowest BCUT2D eigenvalue weighted by Crippen LogP contribution is -2.36. The number of hydrogen-bond acceptors (Lipinski definition) is 2. The first kappa shape index (κ1) is 14.6. The normalized spacial score (nSPS) is 14.1. The van der Waals surface area contributed by atoms with Gasteiger partial charge >= 0.3 is 0 Å². The zero-order valence-corrected chi connectivity index (χ0v) is 12.5. The number of rotatable bonds is 4. The van der Waals surface area contributed by atoms with Gasteiger partial charge in [0.05, 0.1) is 5.56 Å². The van der Waals surface area contributed by atoms with Gasteiger partial charge in [-0.25, -0.2) is 4.39 Å². The van der Waals surface area contributed by atoms with E-state index in [4.69, 9.17) is 0 Å². The van der Waals surface area contributed by atoms with Gasteiger partial charge in [-0.3, -0.25) is 9.00 Å². The third kappa shape index (κ3) is 4.71. The largest absolute Gasteiger partial charge is 0.349 e. The van der Waals surface area contributed by atoms with E-state index in [-0.39, 0.29) is 17.8 Å². The number of amides is 1. The van der Waals surface area contributed by atoms with E-state index in [2.05, 4.69) is 5.32 Å². The summed E-state index contributed by atoms with van der Waals surface area (Å²) in [4.78, 5) is 11.8. The first-order valence-corrected chi connectivity index (χ1v) is 7.76. The minimum absolute atomic E-state index is 0.172. The van der Waals surface area contributed by atoms with Crippen molar-refractivity contribution in [2.75, 3.05) is 12.0 Å². The Labute approximate surface area is 116 Å². The van der Waals surface area contributed by atoms with E-state index in [9.17, 15) is 13.4 Å². The van der Waals surface area contributed by atoms with Crippen LogP contribution in [0.3, 0.4) is 0 Å². The molecule has 1 amide bonds. The van der Waals surface area contributed by atoms with Crippen LogP contribution in [0.25, 0.3) is 0 Å². The minimum Gasteiger partial charge on any atom is -0.349 e. The van der Waals surface area contributed by atoms with Crippen molar-refractivity contribution in [2.45, 2.75) is 13.0 Å². The van der Waals surface area contributed by atoms with Crippen molar-refractivity contribution in [3.05, 3.63) is 33.1 Å². The Hall–Kier alpha value is -0.500. The maximum atomic E-state index is 12.9. The van der Waals surface area contributed by atoms with Crippen LogP contribution >= 0.6 is 22.6 Å². The molecule has 0 spiro atoms. The molecule has 0 aromatic heterocycles. The van der Waals surface area contributed by atoms with E-state index in [1.807, 2.05) is 22.6 Å². The van der Waals surface area contributed by atoms with Crippen LogP contribution in [0, 0.1) is 9.39 Å². The fourth-order valence-corrected chi connectivity index (χ4v) is 2.88.